The summed E-state index contributed by atoms with van der Waals surface area (Å²) in [6, 6.07) is 21.5. The summed E-state index contributed by atoms with van der Waals surface area (Å²) in [5.41, 5.74) is 2.55. The molecule has 0 aliphatic heterocycles. The second-order valence-corrected chi connectivity index (χ2v) is 8.04. The third-order valence-electron chi connectivity index (χ3n) is 5.62. The van der Waals surface area contributed by atoms with E-state index in [1.807, 2.05) is 13.0 Å². The molecule has 3 nitrogen and oxygen atoms in total. The molecular formula is C26H37NO2. The Balaban J connectivity index is 2.33. The number of benzene rings is 2. The molecule has 158 valence electrons. The summed E-state index contributed by atoms with van der Waals surface area (Å²) in [6.45, 7) is 9.91. The van der Waals surface area contributed by atoms with E-state index in [2.05, 4.69) is 80.3 Å². The van der Waals surface area contributed by atoms with Gasteiger partial charge in [-0.1, -0.05) is 87.4 Å². The predicted octanol–water partition coefficient (Wildman–Crippen LogP) is 6.40. The Morgan fingerprint density at radius 1 is 0.966 bits per heavy atom. The fourth-order valence-corrected chi connectivity index (χ4v) is 4.12. The minimum Gasteiger partial charge on any atom is -0.466 e. The van der Waals surface area contributed by atoms with Crippen molar-refractivity contribution in [2.45, 2.75) is 72.0 Å². The molecule has 2 aromatic carbocycles. The van der Waals surface area contributed by atoms with Gasteiger partial charge in [-0.15, -0.1) is 0 Å². The van der Waals surface area contributed by atoms with Gasteiger partial charge in [-0.3, -0.25) is 9.69 Å². The van der Waals surface area contributed by atoms with Gasteiger partial charge in [-0.05, 0) is 37.3 Å². The molecule has 0 spiro atoms. The molecule has 0 radical (unpaired) electrons. The van der Waals surface area contributed by atoms with Gasteiger partial charge in [0, 0.05) is 18.6 Å². The van der Waals surface area contributed by atoms with Crippen molar-refractivity contribution >= 4 is 5.97 Å². The largest absolute Gasteiger partial charge is 0.466 e. The lowest BCUT2D eigenvalue weighted by Gasteiger charge is -2.38. The fraction of sp³-hybridized carbons (Fsp3) is 0.500. The number of hydrogen-bond acceptors (Lipinski definition) is 3. The molecule has 29 heavy (non-hydrogen) atoms. The van der Waals surface area contributed by atoms with Crippen LogP contribution in [0.15, 0.2) is 60.7 Å². The van der Waals surface area contributed by atoms with Gasteiger partial charge in [0.15, 0.2) is 0 Å². The Morgan fingerprint density at radius 2 is 1.59 bits per heavy atom. The quantitative estimate of drug-likeness (QED) is 0.390. The molecule has 3 heteroatoms. The van der Waals surface area contributed by atoms with Crippen molar-refractivity contribution < 1.29 is 9.53 Å². The van der Waals surface area contributed by atoms with Crippen molar-refractivity contribution in [3.05, 3.63) is 71.8 Å². The van der Waals surface area contributed by atoms with Crippen molar-refractivity contribution in [3.8, 4) is 0 Å². The first kappa shape index (κ1) is 23.2. The topological polar surface area (TPSA) is 29.5 Å². The molecule has 2 unspecified atom stereocenters. The normalized spacial score (nSPS) is 14.4. The van der Waals surface area contributed by atoms with Gasteiger partial charge in [-0.2, -0.15) is 0 Å². The van der Waals surface area contributed by atoms with E-state index in [9.17, 15) is 4.79 Å². The standard InChI is InChI=1S/C26H37NO2/c1-5-13-21(3)18-25(19-26(28)29-6-2)27(20-23-14-9-7-10-15-23)22(4)24-16-11-8-12-17-24/h7-12,14-17,21-22,25H,5-6,13,18-20H2,1-4H3/t21-,22?,25?/m1/s1. The van der Waals surface area contributed by atoms with Crippen molar-refractivity contribution in [1.82, 2.24) is 4.90 Å². The third kappa shape index (κ3) is 7.66. The van der Waals surface area contributed by atoms with Gasteiger partial charge in [-0.25, -0.2) is 0 Å². The maximum Gasteiger partial charge on any atom is 0.307 e. The molecule has 0 heterocycles. The van der Waals surface area contributed by atoms with Crippen molar-refractivity contribution in [2.24, 2.45) is 5.92 Å². The maximum absolute atomic E-state index is 12.5. The summed E-state index contributed by atoms with van der Waals surface area (Å²) in [5, 5.41) is 0. The molecule has 0 amide bonds. The van der Waals surface area contributed by atoms with Crippen LogP contribution in [-0.2, 0) is 16.1 Å². The molecular weight excluding hydrogens is 358 g/mol. The van der Waals surface area contributed by atoms with Crippen LogP contribution < -0.4 is 0 Å². The van der Waals surface area contributed by atoms with Gasteiger partial charge in [0.25, 0.3) is 0 Å². The molecule has 0 bridgehead atoms. The first-order chi connectivity index (χ1) is 14.0. The lowest BCUT2D eigenvalue weighted by atomic mass is 9.92. The molecule has 0 fully saturated rings. The lowest BCUT2D eigenvalue weighted by molar-refractivity contribution is -0.145. The summed E-state index contributed by atoms with van der Waals surface area (Å²) in [4.78, 5) is 15.0. The molecule has 0 aliphatic carbocycles. The summed E-state index contributed by atoms with van der Waals surface area (Å²) in [5.74, 6) is 0.472. The minimum absolute atomic E-state index is 0.0977. The number of nitrogens with zero attached hydrogens (tertiary/aromatic N) is 1. The number of carbonyl (C=O) groups excluding carboxylic acids is 1. The molecule has 0 aliphatic rings. The molecule has 2 aromatic rings. The van der Waals surface area contributed by atoms with E-state index < -0.39 is 0 Å². The van der Waals surface area contributed by atoms with Crippen LogP contribution in [0, 0.1) is 5.92 Å². The molecule has 0 saturated heterocycles. The number of hydrogen-bond donors (Lipinski definition) is 0. The summed E-state index contributed by atoms with van der Waals surface area (Å²) >= 11 is 0. The first-order valence-electron chi connectivity index (χ1n) is 11.0. The number of esters is 1. The van der Waals surface area contributed by atoms with Crippen LogP contribution in [0.5, 0.6) is 0 Å². The highest BCUT2D eigenvalue weighted by Crippen LogP contribution is 2.30. The van der Waals surface area contributed by atoms with Crippen molar-refractivity contribution in [1.29, 1.82) is 0 Å². The van der Waals surface area contributed by atoms with Crippen molar-refractivity contribution in [2.75, 3.05) is 6.61 Å². The minimum atomic E-state index is -0.0977. The van der Waals surface area contributed by atoms with E-state index in [0.29, 0.717) is 18.9 Å². The first-order valence-corrected chi connectivity index (χ1v) is 11.0. The molecule has 0 aromatic heterocycles. The Labute approximate surface area is 177 Å². The van der Waals surface area contributed by atoms with E-state index in [4.69, 9.17) is 4.74 Å². The van der Waals surface area contributed by atoms with E-state index in [0.717, 1.165) is 13.0 Å². The third-order valence-corrected chi connectivity index (χ3v) is 5.62. The Hall–Kier alpha value is -2.13. The SMILES string of the molecule is CCC[C@@H](C)CC(CC(=O)OCC)N(Cc1ccccc1)C(C)c1ccccc1. The van der Waals surface area contributed by atoms with Gasteiger partial charge in [0.2, 0.25) is 0 Å². The monoisotopic (exact) mass is 395 g/mol. The average molecular weight is 396 g/mol. The zero-order valence-corrected chi connectivity index (χ0v) is 18.5. The molecule has 2 rings (SSSR count). The van der Waals surface area contributed by atoms with Gasteiger partial charge in [0.1, 0.15) is 0 Å². The van der Waals surface area contributed by atoms with Crippen LogP contribution in [0.4, 0.5) is 0 Å². The maximum atomic E-state index is 12.5. The average Bonchev–Trinajstić information content (AvgIpc) is 2.73. The van der Waals surface area contributed by atoms with E-state index in [-0.39, 0.29) is 18.1 Å². The molecule has 0 N–H and O–H groups in total. The second kappa shape index (κ2) is 12.4. The van der Waals surface area contributed by atoms with Gasteiger partial charge < -0.3 is 4.74 Å². The van der Waals surface area contributed by atoms with Crippen LogP contribution in [0.25, 0.3) is 0 Å². The zero-order chi connectivity index (χ0) is 21.1. The fourth-order valence-electron chi connectivity index (χ4n) is 4.12. The van der Waals surface area contributed by atoms with E-state index in [1.165, 1.54) is 24.0 Å². The second-order valence-electron chi connectivity index (χ2n) is 8.04. The number of ether oxygens (including phenoxy) is 1. The number of carbonyl (C=O) groups is 1. The van der Waals surface area contributed by atoms with Crippen molar-refractivity contribution in [3.63, 3.8) is 0 Å². The molecule has 3 atom stereocenters. The van der Waals surface area contributed by atoms with Crippen LogP contribution in [0.1, 0.15) is 70.5 Å². The van der Waals surface area contributed by atoms with Crippen LogP contribution in [0.3, 0.4) is 0 Å². The highest BCUT2D eigenvalue weighted by atomic mass is 16.5. The van der Waals surface area contributed by atoms with Crippen LogP contribution >= 0.6 is 0 Å². The highest BCUT2D eigenvalue weighted by Gasteiger charge is 2.28. The Kier molecular flexibility index (Phi) is 9.93. The Bertz CT molecular complexity index is 701. The number of rotatable bonds is 12. The van der Waals surface area contributed by atoms with Crippen LogP contribution in [-0.4, -0.2) is 23.5 Å². The highest BCUT2D eigenvalue weighted by molar-refractivity contribution is 5.70. The predicted molar refractivity (Wildman–Crippen MR) is 121 cm³/mol. The van der Waals surface area contributed by atoms with Crippen LogP contribution in [0.2, 0.25) is 0 Å². The Morgan fingerprint density at radius 3 is 2.17 bits per heavy atom. The summed E-state index contributed by atoms with van der Waals surface area (Å²) in [6.07, 6.45) is 3.78. The van der Waals surface area contributed by atoms with Gasteiger partial charge in [0.05, 0.1) is 13.0 Å². The summed E-state index contributed by atoms with van der Waals surface area (Å²) < 4.78 is 5.33. The smallest absolute Gasteiger partial charge is 0.307 e. The molecule has 0 saturated carbocycles. The van der Waals surface area contributed by atoms with Gasteiger partial charge >= 0.3 is 5.97 Å². The van der Waals surface area contributed by atoms with E-state index >= 15 is 0 Å². The summed E-state index contributed by atoms with van der Waals surface area (Å²) in [7, 11) is 0. The zero-order valence-electron chi connectivity index (χ0n) is 18.5. The van der Waals surface area contributed by atoms with E-state index in [1.54, 1.807) is 0 Å². The lowest BCUT2D eigenvalue weighted by Crippen LogP contribution is -2.40.